The van der Waals surface area contributed by atoms with Crippen LogP contribution in [0.1, 0.15) is 54.5 Å². The summed E-state index contributed by atoms with van der Waals surface area (Å²) in [5.74, 6) is 1.66. The van der Waals surface area contributed by atoms with E-state index < -0.39 is 0 Å². The normalized spacial score (nSPS) is 19.9. The van der Waals surface area contributed by atoms with Crippen molar-refractivity contribution in [3.05, 3.63) is 101 Å². The van der Waals surface area contributed by atoms with Crippen molar-refractivity contribution in [2.24, 2.45) is 5.92 Å². The molecule has 3 aromatic heterocycles. The van der Waals surface area contributed by atoms with Crippen LogP contribution in [0.2, 0.25) is 5.02 Å². The van der Waals surface area contributed by atoms with Crippen molar-refractivity contribution < 1.29 is 0 Å². The smallest absolute Gasteiger partial charge is 0.174 e. The van der Waals surface area contributed by atoms with E-state index in [0.717, 1.165) is 58.3 Å². The van der Waals surface area contributed by atoms with Crippen molar-refractivity contribution >= 4 is 40.3 Å². The minimum Gasteiger partial charge on any atom is -0.370 e. The third-order valence-electron chi connectivity index (χ3n) is 8.10. The highest BCUT2D eigenvalue weighted by Gasteiger charge is 2.42. The number of pyridine rings is 2. The maximum absolute atomic E-state index is 6.96. The summed E-state index contributed by atoms with van der Waals surface area (Å²) in [6, 6.07) is 20.4. The first kappa shape index (κ1) is 25.8. The highest BCUT2D eigenvalue weighted by atomic mass is 35.5. The lowest BCUT2D eigenvalue weighted by Crippen LogP contribution is -2.33. The number of nitrogens with one attached hydrogen (secondary N) is 1. The Morgan fingerprint density at radius 1 is 0.949 bits per heavy atom. The topological polar surface area (TPSA) is 49.2 Å². The summed E-state index contributed by atoms with van der Waals surface area (Å²) < 4.78 is 2.21. The molecule has 1 aromatic carbocycles. The SMILES string of the molecule is Cc1cc([C@@H]2[C@H](c3ccccn3)NC(=S)N2c2ccc(N3CCC(C)CC3)c(Cl)c2)c(C)n1-c1ccccn1. The fraction of sp³-hybridized carbons (Fsp3) is 0.323. The van der Waals surface area contributed by atoms with Gasteiger partial charge in [-0.05, 0) is 98.9 Å². The number of anilines is 2. The van der Waals surface area contributed by atoms with Crippen LogP contribution in [0.15, 0.2) is 73.1 Å². The zero-order chi connectivity index (χ0) is 27.1. The average molecular weight is 557 g/mol. The van der Waals surface area contributed by atoms with Crippen LogP contribution in [-0.2, 0) is 0 Å². The molecule has 6 nitrogen and oxygen atoms in total. The van der Waals surface area contributed by atoms with Crippen molar-refractivity contribution in [2.45, 2.75) is 45.7 Å². The molecule has 4 aromatic rings. The minimum absolute atomic E-state index is 0.117. The molecule has 6 rings (SSSR count). The van der Waals surface area contributed by atoms with E-state index in [4.69, 9.17) is 28.8 Å². The van der Waals surface area contributed by atoms with Crippen LogP contribution < -0.4 is 15.1 Å². The summed E-state index contributed by atoms with van der Waals surface area (Å²) in [5.41, 5.74) is 6.42. The van der Waals surface area contributed by atoms with Crippen LogP contribution >= 0.6 is 23.8 Å². The molecule has 8 heteroatoms. The van der Waals surface area contributed by atoms with E-state index >= 15 is 0 Å². The number of nitrogens with zero attached hydrogens (tertiary/aromatic N) is 5. The minimum atomic E-state index is -0.126. The summed E-state index contributed by atoms with van der Waals surface area (Å²) >= 11 is 12.9. The highest BCUT2D eigenvalue weighted by Crippen LogP contribution is 2.45. The Balaban J connectivity index is 1.43. The summed E-state index contributed by atoms with van der Waals surface area (Å²) in [6.07, 6.45) is 6.05. The van der Waals surface area contributed by atoms with Gasteiger partial charge in [0.05, 0.1) is 28.5 Å². The van der Waals surface area contributed by atoms with Gasteiger partial charge >= 0.3 is 0 Å². The van der Waals surface area contributed by atoms with Crippen molar-refractivity contribution in [1.82, 2.24) is 19.9 Å². The van der Waals surface area contributed by atoms with Crippen molar-refractivity contribution in [2.75, 3.05) is 22.9 Å². The molecule has 0 radical (unpaired) electrons. The Labute approximate surface area is 240 Å². The molecular weight excluding hydrogens is 524 g/mol. The number of thiocarbonyl (C=S) groups is 1. The van der Waals surface area contributed by atoms with Crippen LogP contribution in [0, 0.1) is 19.8 Å². The number of halogens is 1. The molecule has 0 unspecified atom stereocenters. The van der Waals surface area contributed by atoms with Crippen LogP contribution in [0.5, 0.6) is 0 Å². The number of hydrogen-bond acceptors (Lipinski definition) is 4. The van der Waals surface area contributed by atoms with Crippen LogP contribution in [0.25, 0.3) is 5.82 Å². The Bertz CT molecular complexity index is 1480. The average Bonchev–Trinajstić information content (AvgIpc) is 3.45. The van der Waals surface area contributed by atoms with Gasteiger partial charge in [-0.1, -0.05) is 30.7 Å². The van der Waals surface area contributed by atoms with E-state index in [0.29, 0.717) is 5.11 Å². The van der Waals surface area contributed by atoms with Gasteiger partial charge in [-0.2, -0.15) is 0 Å². The molecule has 1 N–H and O–H groups in total. The lowest BCUT2D eigenvalue weighted by Gasteiger charge is -2.33. The monoisotopic (exact) mass is 556 g/mol. The van der Waals surface area contributed by atoms with E-state index in [-0.39, 0.29) is 12.1 Å². The molecule has 5 heterocycles. The Hall–Kier alpha value is -3.42. The second-order valence-electron chi connectivity index (χ2n) is 10.7. The van der Waals surface area contributed by atoms with Gasteiger partial charge in [0.2, 0.25) is 0 Å². The van der Waals surface area contributed by atoms with Crippen LogP contribution in [-0.4, -0.2) is 32.7 Å². The third-order valence-corrected chi connectivity index (χ3v) is 8.72. The molecule has 39 heavy (non-hydrogen) atoms. The van der Waals surface area contributed by atoms with Gasteiger partial charge in [0.1, 0.15) is 5.82 Å². The second kappa shape index (κ2) is 10.6. The first-order valence-electron chi connectivity index (χ1n) is 13.6. The van der Waals surface area contributed by atoms with Crippen molar-refractivity contribution in [1.29, 1.82) is 0 Å². The Morgan fingerprint density at radius 2 is 1.69 bits per heavy atom. The molecular formula is C31H33ClN6S. The van der Waals surface area contributed by atoms with Gasteiger partial charge in [-0.3, -0.25) is 4.98 Å². The van der Waals surface area contributed by atoms with Gasteiger partial charge in [0.25, 0.3) is 0 Å². The molecule has 2 aliphatic heterocycles. The summed E-state index contributed by atoms with van der Waals surface area (Å²) in [5, 5.41) is 5.00. The summed E-state index contributed by atoms with van der Waals surface area (Å²) in [6.45, 7) is 8.67. The number of hydrogen-bond donors (Lipinski definition) is 1. The van der Waals surface area contributed by atoms with Crippen molar-refractivity contribution in [3.8, 4) is 5.82 Å². The fourth-order valence-corrected chi connectivity index (χ4v) is 6.67. The zero-order valence-corrected chi connectivity index (χ0v) is 24.1. The molecule has 0 aliphatic carbocycles. The van der Waals surface area contributed by atoms with Gasteiger partial charge in [-0.15, -0.1) is 0 Å². The highest BCUT2D eigenvalue weighted by molar-refractivity contribution is 7.80. The molecule has 2 saturated heterocycles. The fourth-order valence-electron chi connectivity index (χ4n) is 6.03. The van der Waals surface area contributed by atoms with Gasteiger partial charge in [-0.25, -0.2) is 4.98 Å². The second-order valence-corrected chi connectivity index (χ2v) is 11.4. The van der Waals surface area contributed by atoms with Gasteiger partial charge < -0.3 is 19.7 Å². The van der Waals surface area contributed by atoms with Gasteiger partial charge in [0.15, 0.2) is 5.11 Å². The number of aromatic nitrogens is 3. The Kier molecular flexibility index (Phi) is 7.04. The van der Waals surface area contributed by atoms with E-state index in [1.54, 1.807) is 0 Å². The number of rotatable bonds is 5. The number of benzene rings is 1. The number of piperidine rings is 1. The van der Waals surface area contributed by atoms with E-state index in [9.17, 15) is 0 Å². The van der Waals surface area contributed by atoms with Crippen molar-refractivity contribution in [3.63, 3.8) is 0 Å². The molecule has 2 fully saturated rings. The predicted molar refractivity (Wildman–Crippen MR) is 163 cm³/mol. The molecule has 0 spiro atoms. The molecule has 200 valence electrons. The summed E-state index contributed by atoms with van der Waals surface area (Å²) in [4.78, 5) is 13.9. The third kappa shape index (κ3) is 4.79. The summed E-state index contributed by atoms with van der Waals surface area (Å²) in [7, 11) is 0. The first-order chi connectivity index (χ1) is 18.9. The lowest BCUT2D eigenvalue weighted by atomic mass is 9.96. The zero-order valence-electron chi connectivity index (χ0n) is 22.5. The molecule has 2 atom stereocenters. The molecule has 0 amide bonds. The largest absolute Gasteiger partial charge is 0.370 e. The number of aryl methyl sites for hydroxylation is 1. The van der Waals surface area contributed by atoms with Gasteiger partial charge in [0, 0.05) is 42.6 Å². The maximum atomic E-state index is 6.96. The van der Waals surface area contributed by atoms with E-state index in [1.807, 2.05) is 42.7 Å². The van der Waals surface area contributed by atoms with E-state index in [2.05, 4.69) is 75.8 Å². The maximum Gasteiger partial charge on any atom is 0.174 e. The predicted octanol–water partition coefficient (Wildman–Crippen LogP) is 6.95. The standard InChI is InChI=1S/C31H33ClN6S/c1-20-12-16-36(17-13-20)27-11-10-23(19-25(27)32)38-30(29(35-31(38)39)26-8-4-6-14-33-26)24-18-21(2)37(22(24)3)28-9-5-7-15-34-28/h4-11,14-15,18-20,29-30H,12-13,16-17H2,1-3H3,(H,35,39)/t29-,30+/m0/s1. The Morgan fingerprint density at radius 3 is 2.36 bits per heavy atom. The quantitative estimate of drug-likeness (QED) is 0.268. The van der Waals surface area contributed by atoms with E-state index in [1.165, 1.54) is 18.4 Å². The molecule has 0 saturated carbocycles. The first-order valence-corrected chi connectivity index (χ1v) is 14.4. The molecule has 2 aliphatic rings. The van der Waals surface area contributed by atoms with Crippen LogP contribution in [0.4, 0.5) is 11.4 Å². The van der Waals surface area contributed by atoms with Crippen LogP contribution in [0.3, 0.4) is 0 Å². The lowest BCUT2D eigenvalue weighted by molar-refractivity contribution is 0.438. The molecule has 0 bridgehead atoms.